The van der Waals surface area contributed by atoms with Crippen LogP contribution in [-0.4, -0.2) is 66.7 Å². The Morgan fingerprint density at radius 3 is 2.57 bits per heavy atom. The summed E-state index contributed by atoms with van der Waals surface area (Å²) in [7, 11) is 0. The van der Waals surface area contributed by atoms with E-state index < -0.39 is 11.7 Å². The number of ether oxygens (including phenoxy) is 2. The summed E-state index contributed by atoms with van der Waals surface area (Å²) in [5.74, 6) is 0. The molecule has 1 aliphatic heterocycles. The Kier molecular flexibility index (Phi) is 7.42. The van der Waals surface area contributed by atoms with Crippen molar-refractivity contribution in [1.82, 2.24) is 10.2 Å². The highest BCUT2D eigenvalue weighted by Crippen LogP contribution is 2.10. The Morgan fingerprint density at radius 2 is 2.05 bits per heavy atom. The quantitative estimate of drug-likeness (QED) is 0.775. The van der Waals surface area contributed by atoms with Gasteiger partial charge in [0.25, 0.3) is 0 Å². The molecule has 124 valence electrons. The number of nitrogens with zero attached hydrogens (tertiary/aromatic N) is 1. The highest BCUT2D eigenvalue weighted by atomic mass is 16.6. The van der Waals surface area contributed by atoms with E-state index in [1.54, 1.807) is 11.8 Å². The van der Waals surface area contributed by atoms with Crippen molar-refractivity contribution in [2.45, 2.75) is 58.3 Å². The molecule has 1 saturated heterocycles. The first-order chi connectivity index (χ1) is 9.78. The third kappa shape index (κ3) is 8.24. The molecule has 0 spiro atoms. The molecule has 21 heavy (non-hydrogen) atoms. The zero-order chi connectivity index (χ0) is 15.9. The van der Waals surface area contributed by atoms with Gasteiger partial charge in [0.15, 0.2) is 0 Å². The van der Waals surface area contributed by atoms with Crippen LogP contribution in [0.4, 0.5) is 4.79 Å². The summed E-state index contributed by atoms with van der Waals surface area (Å²) in [4.78, 5) is 13.7. The molecule has 2 N–H and O–H groups in total. The molecule has 0 saturated carbocycles. The average Bonchev–Trinajstić information content (AvgIpc) is 2.36. The van der Waals surface area contributed by atoms with Crippen molar-refractivity contribution in [1.29, 1.82) is 0 Å². The van der Waals surface area contributed by atoms with Crippen molar-refractivity contribution in [3.8, 4) is 0 Å². The van der Waals surface area contributed by atoms with Crippen LogP contribution in [0.2, 0.25) is 0 Å². The summed E-state index contributed by atoms with van der Waals surface area (Å²) >= 11 is 0. The van der Waals surface area contributed by atoms with Crippen LogP contribution in [-0.2, 0) is 9.47 Å². The van der Waals surface area contributed by atoms with E-state index in [2.05, 4.69) is 5.32 Å². The van der Waals surface area contributed by atoms with Crippen LogP contribution in [0, 0.1) is 0 Å². The molecule has 6 nitrogen and oxygen atoms in total. The van der Waals surface area contributed by atoms with Crippen molar-refractivity contribution in [3.63, 3.8) is 0 Å². The number of amides is 1. The second-order valence-electron chi connectivity index (χ2n) is 6.62. The number of hydrogen-bond donors (Lipinski definition) is 2. The SMILES string of the molecule is CC(O)CN(CCNC1CCOCC1)C(=O)OC(C)(C)C. The van der Waals surface area contributed by atoms with Crippen LogP contribution < -0.4 is 5.32 Å². The van der Waals surface area contributed by atoms with E-state index in [4.69, 9.17) is 9.47 Å². The summed E-state index contributed by atoms with van der Waals surface area (Å²) in [6, 6.07) is 0.450. The van der Waals surface area contributed by atoms with Gasteiger partial charge in [0.2, 0.25) is 0 Å². The molecule has 1 heterocycles. The van der Waals surface area contributed by atoms with Crippen molar-refractivity contribution >= 4 is 6.09 Å². The lowest BCUT2D eigenvalue weighted by Gasteiger charge is -2.29. The number of rotatable bonds is 6. The van der Waals surface area contributed by atoms with Gasteiger partial charge in [0.1, 0.15) is 5.60 Å². The van der Waals surface area contributed by atoms with Gasteiger partial charge in [-0.25, -0.2) is 4.79 Å². The summed E-state index contributed by atoms with van der Waals surface area (Å²) < 4.78 is 10.7. The van der Waals surface area contributed by atoms with Crippen molar-refractivity contribution in [2.75, 3.05) is 32.8 Å². The van der Waals surface area contributed by atoms with Gasteiger partial charge in [-0.3, -0.25) is 0 Å². The molecule has 0 aromatic carbocycles. The molecule has 6 heteroatoms. The summed E-state index contributed by atoms with van der Waals surface area (Å²) in [5, 5.41) is 13.0. The lowest BCUT2D eigenvalue weighted by Crippen LogP contribution is -2.45. The van der Waals surface area contributed by atoms with E-state index >= 15 is 0 Å². The third-order valence-corrected chi connectivity index (χ3v) is 3.17. The molecule has 0 aliphatic carbocycles. The lowest BCUT2D eigenvalue weighted by atomic mass is 10.1. The number of nitrogens with one attached hydrogen (secondary N) is 1. The molecule has 1 aliphatic rings. The Hall–Kier alpha value is -0.850. The minimum Gasteiger partial charge on any atom is -0.444 e. The van der Waals surface area contributed by atoms with Gasteiger partial charge in [-0.1, -0.05) is 0 Å². The van der Waals surface area contributed by atoms with E-state index in [-0.39, 0.29) is 12.6 Å². The van der Waals surface area contributed by atoms with E-state index in [0.717, 1.165) is 26.1 Å². The third-order valence-electron chi connectivity index (χ3n) is 3.17. The molecule has 1 atom stereocenters. The second kappa shape index (κ2) is 8.56. The number of hydrogen-bond acceptors (Lipinski definition) is 5. The summed E-state index contributed by atoms with van der Waals surface area (Å²) in [6.07, 6.45) is 1.06. The average molecular weight is 302 g/mol. The number of carbonyl (C=O) groups is 1. The van der Waals surface area contributed by atoms with Crippen LogP contribution in [0.1, 0.15) is 40.5 Å². The molecule has 1 amide bonds. The Bertz CT molecular complexity index is 309. The minimum absolute atomic E-state index is 0.282. The predicted octanol–water partition coefficient (Wildman–Crippen LogP) is 1.37. The van der Waals surface area contributed by atoms with Crippen molar-refractivity contribution in [2.24, 2.45) is 0 Å². The molecule has 0 aromatic rings. The molecular weight excluding hydrogens is 272 g/mol. The summed E-state index contributed by atoms with van der Waals surface area (Å²) in [6.45, 7) is 10.3. The van der Waals surface area contributed by atoms with Crippen molar-refractivity contribution < 1.29 is 19.4 Å². The van der Waals surface area contributed by atoms with Gasteiger partial charge in [-0.05, 0) is 40.5 Å². The van der Waals surface area contributed by atoms with E-state index in [1.165, 1.54) is 0 Å². The largest absolute Gasteiger partial charge is 0.444 e. The van der Waals surface area contributed by atoms with Gasteiger partial charge in [0.05, 0.1) is 6.10 Å². The molecule has 0 bridgehead atoms. The smallest absolute Gasteiger partial charge is 0.410 e. The highest BCUT2D eigenvalue weighted by molar-refractivity contribution is 5.68. The van der Waals surface area contributed by atoms with Crippen LogP contribution in [0.5, 0.6) is 0 Å². The second-order valence-corrected chi connectivity index (χ2v) is 6.62. The van der Waals surface area contributed by atoms with Crippen LogP contribution >= 0.6 is 0 Å². The molecule has 1 unspecified atom stereocenters. The molecular formula is C15H30N2O4. The fourth-order valence-corrected chi connectivity index (χ4v) is 2.21. The monoisotopic (exact) mass is 302 g/mol. The van der Waals surface area contributed by atoms with Crippen LogP contribution in [0.25, 0.3) is 0 Å². The lowest BCUT2D eigenvalue weighted by molar-refractivity contribution is 0.0158. The maximum absolute atomic E-state index is 12.1. The first-order valence-electron chi connectivity index (χ1n) is 7.75. The standard InChI is InChI=1S/C15H30N2O4/c1-12(18)11-17(14(19)21-15(2,3)4)8-7-16-13-5-9-20-10-6-13/h12-13,16,18H,5-11H2,1-4H3. The van der Waals surface area contributed by atoms with E-state index in [0.29, 0.717) is 19.1 Å². The van der Waals surface area contributed by atoms with E-state index in [9.17, 15) is 9.90 Å². The van der Waals surface area contributed by atoms with Crippen LogP contribution in [0.15, 0.2) is 0 Å². The van der Waals surface area contributed by atoms with Gasteiger partial charge < -0.3 is 24.8 Å². The van der Waals surface area contributed by atoms with Gasteiger partial charge in [-0.2, -0.15) is 0 Å². The maximum Gasteiger partial charge on any atom is 0.410 e. The molecule has 1 fully saturated rings. The normalized spacial score (nSPS) is 18.3. The molecule has 0 aromatic heterocycles. The fraction of sp³-hybridized carbons (Fsp3) is 0.933. The Balaban J connectivity index is 2.39. The number of aliphatic hydroxyl groups is 1. The van der Waals surface area contributed by atoms with E-state index in [1.807, 2.05) is 20.8 Å². The number of aliphatic hydroxyl groups excluding tert-OH is 1. The first-order valence-corrected chi connectivity index (χ1v) is 7.75. The number of carbonyl (C=O) groups excluding carboxylic acids is 1. The molecule has 1 rings (SSSR count). The van der Waals surface area contributed by atoms with Crippen molar-refractivity contribution in [3.05, 3.63) is 0 Å². The zero-order valence-corrected chi connectivity index (χ0v) is 13.7. The first kappa shape index (κ1) is 18.2. The molecule has 0 radical (unpaired) electrons. The van der Waals surface area contributed by atoms with Gasteiger partial charge in [0, 0.05) is 38.9 Å². The fourth-order valence-electron chi connectivity index (χ4n) is 2.21. The maximum atomic E-state index is 12.1. The highest BCUT2D eigenvalue weighted by Gasteiger charge is 2.23. The Morgan fingerprint density at radius 1 is 1.43 bits per heavy atom. The topological polar surface area (TPSA) is 71.0 Å². The van der Waals surface area contributed by atoms with Gasteiger partial charge >= 0.3 is 6.09 Å². The summed E-state index contributed by atoms with van der Waals surface area (Å²) in [5.41, 5.74) is -0.526. The van der Waals surface area contributed by atoms with Crippen LogP contribution in [0.3, 0.4) is 0 Å². The Labute approximate surface area is 127 Å². The minimum atomic E-state index is -0.569. The van der Waals surface area contributed by atoms with Gasteiger partial charge in [-0.15, -0.1) is 0 Å². The zero-order valence-electron chi connectivity index (χ0n) is 13.7. The predicted molar refractivity (Wildman–Crippen MR) is 81.3 cm³/mol.